The summed E-state index contributed by atoms with van der Waals surface area (Å²) < 4.78 is 14.1. The molecule has 5 aliphatic rings. The van der Waals surface area contributed by atoms with Gasteiger partial charge in [0.25, 0.3) is 0 Å². The summed E-state index contributed by atoms with van der Waals surface area (Å²) >= 11 is 0. The molecule has 4 aliphatic heterocycles. The number of hydrogen-bond acceptors (Lipinski definition) is 8. The van der Waals surface area contributed by atoms with Crippen LogP contribution < -0.4 is 29.1 Å². The molecule has 0 spiro atoms. The van der Waals surface area contributed by atoms with E-state index in [0.717, 1.165) is 83.9 Å². The minimum Gasteiger partial charge on any atom is -0.495 e. The zero-order valence-electron chi connectivity index (χ0n) is 42.3. The summed E-state index contributed by atoms with van der Waals surface area (Å²) in [7, 11) is 1.75. The molecular formula is C63H64N6O4. The number of carbonyl (C=O) groups excluding carboxylic acids is 2. The fourth-order valence-electron chi connectivity index (χ4n) is 12.4. The molecule has 10 nitrogen and oxygen atoms in total. The first kappa shape index (κ1) is 46.4. The Morgan fingerprint density at radius 1 is 0.534 bits per heavy atom. The van der Waals surface area contributed by atoms with Crippen molar-refractivity contribution in [3.8, 4) is 22.6 Å². The van der Waals surface area contributed by atoms with Gasteiger partial charge >= 0.3 is 0 Å². The van der Waals surface area contributed by atoms with Crippen LogP contribution >= 0.6 is 0 Å². The highest BCUT2D eigenvalue weighted by molar-refractivity contribution is 6.10. The fourth-order valence-corrected chi connectivity index (χ4v) is 12.4. The van der Waals surface area contributed by atoms with Crippen molar-refractivity contribution in [1.82, 2.24) is 9.80 Å². The van der Waals surface area contributed by atoms with Crippen LogP contribution in [0.4, 0.5) is 22.7 Å². The first-order chi connectivity index (χ1) is 35.7. The monoisotopic (exact) mass is 968 g/mol. The number of rotatable bonds is 10. The van der Waals surface area contributed by atoms with Crippen LogP contribution in [0.1, 0.15) is 54.5 Å². The van der Waals surface area contributed by atoms with Crippen LogP contribution in [0, 0.1) is 0 Å². The molecule has 0 radical (unpaired) electrons. The van der Waals surface area contributed by atoms with Gasteiger partial charge in [-0.15, -0.1) is 0 Å². The van der Waals surface area contributed by atoms with Crippen molar-refractivity contribution >= 4 is 51.4 Å². The predicted molar refractivity (Wildman–Crippen MR) is 296 cm³/mol. The van der Waals surface area contributed by atoms with Crippen LogP contribution in [0.15, 0.2) is 158 Å². The van der Waals surface area contributed by atoms with Crippen molar-refractivity contribution in [3.05, 3.63) is 186 Å². The molecule has 4 heterocycles. The van der Waals surface area contributed by atoms with Gasteiger partial charge in [0.2, 0.25) is 11.8 Å². The quantitative estimate of drug-likeness (QED) is 0.134. The molecule has 7 aromatic carbocycles. The average Bonchev–Trinajstić information content (AvgIpc) is 3.70. The number of hydrogen-bond donors (Lipinski definition) is 0. The second kappa shape index (κ2) is 19.0. The smallest absolute Gasteiger partial charge is 0.223 e. The van der Waals surface area contributed by atoms with E-state index in [2.05, 4.69) is 179 Å². The van der Waals surface area contributed by atoms with E-state index in [-0.39, 0.29) is 30.1 Å². The van der Waals surface area contributed by atoms with Crippen LogP contribution in [-0.4, -0.2) is 107 Å². The molecule has 370 valence electrons. The second-order valence-electron chi connectivity index (χ2n) is 20.7. The predicted octanol–water partition coefficient (Wildman–Crippen LogP) is 10.6. The van der Waals surface area contributed by atoms with Gasteiger partial charge in [0, 0.05) is 136 Å². The molecule has 12 rings (SSSR count). The number of fused-ring (bicyclic) bond motifs is 8. The fraction of sp³-hybridized carbons (Fsp3) is 0.302. The Balaban J connectivity index is 0.829. The number of carbonyl (C=O) groups is 2. The van der Waals surface area contributed by atoms with Gasteiger partial charge in [0.1, 0.15) is 11.5 Å². The molecule has 1 aliphatic carbocycles. The highest BCUT2D eigenvalue weighted by Crippen LogP contribution is 2.59. The van der Waals surface area contributed by atoms with E-state index in [4.69, 9.17) is 9.47 Å². The maximum Gasteiger partial charge on any atom is 0.223 e. The summed E-state index contributed by atoms with van der Waals surface area (Å²) in [5.74, 6) is 1.70. The highest BCUT2D eigenvalue weighted by atomic mass is 16.5. The minimum absolute atomic E-state index is 0.0353. The number of anilines is 4. The lowest BCUT2D eigenvalue weighted by Crippen LogP contribution is -2.50. The normalized spacial score (nSPS) is 19.1. The van der Waals surface area contributed by atoms with Gasteiger partial charge in [0.15, 0.2) is 5.60 Å². The van der Waals surface area contributed by atoms with Crippen molar-refractivity contribution in [2.75, 3.05) is 105 Å². The third-order valence-electron chi connectivity index (χ3n) is 16.4. The topological polar surface area (TPSA) is 72.0 Å². The van der Waals surface area contributed by atoms with Gasteiger partial charge in [-0.3, -0.25) is 9.59 Å². The molecule has 3 fully saturated rings. The first-order valence-electron chi connectivity index (χ1n) is 26.2. The average molecular weight is 969 g/mol. The Hall–Kier alpha value is -7.72. The molecule has 0 saturated carbocycles. The summed E-state index contributed by atoms with van der Waals surface area (Å²) in [6.45, 7) is 13.9. The number of benzene rings is 7. The van der Waals surface area contributed by atoms with Crippen LogP contribution in [0.25, 0.3) is 28.0 Å². The largest absolute Gasteiger partial charge is 0.495 e. The molecule has 0 aromatic heterocycles. The molecule has 3 saturated heterocycles. The standard InChI is InChI=1S/C63H64N6O4/c1-62(2)54-22-14-13-21-50(54)59-52-43-55(67-37-41-69(42-38-67)58(71)28-27-57(70)68-39-35-65(36-40-68)48-19-11-6-12-20-48)56(72-3)44-53(52)61-51(60(59)62)29-30-63(73-61,45-15-7-4-8-16-45)46-23-25-49(26-24-46)66-33-31-64(32-34-66)47-17-9-5-10-18-47/h4-26,29-30,43-44H,27-28,31-42H2,1-3H3. The lowest BCUT2D eigenvalue weighted by molar-refractivity contribution is -0.137. The van der Waals surface area contributed by atoms with Crippen molar-refractivity contribution in [1.29, 1.82) is 0 Å². The Morgan fingerprint density at radius 2 is 1.01 bits per heavy atom. The van der Waals surface area contributed by atoms with E-state index in [0.29, 0.717) is 39.3 Å². The summed E-state index contributed by atoms with van der Waals surface area (Å²) in [6, 6.07) is 54.1. The molecule has 1 atom stereocenters. The third-order valence-corrected chi connectivity index (χ3v) is 16.4. The van der Waals surface area contributed by atoms with E-state index in [1.807, 2.05) is 28.0 Å². The third kappa shape index (κ3) is 8.30. The lowest BCUT2D eigenvalue weighted by Gasteiger charge is -2.40. The number of para-hydroxylation sites is 2. The Bertz CT molecular complexity index is 3190. The SMILES string of the molecule is COc1cc2c3c(c4c(c2cc1N1CCN(C(=O)CCC(=O)N2CCN(c5ccccc5)CC2)CC1)-c1ccccc1C4(C)C)C=CC(c1ccccc1)(c1ccc(N2CCN(c4ccccc4)CC2)cc1)O3. The van der Waals surface area contributed by atoms with Crippen molar-refractivity contribution in [3.63, 3.8) is 0 Å². The number of methoxy groups -OCH3 is 1. The highest BCUT2D eigenvalue weighted by Gasteiger charge is 2.45. The van der Waals surface area contributed by atoms with E-state index < -0.39 is 5.60 Å². The molecule has 10 heteroatoms. The Morgan fingerprint density at radius 3 is 1.58 bits per heavy atom. The zero-order valence-corrected chi connectivity index (χ0v) is 42.3. The van der Waals surface area contributed by atoms with Gasteiger partial charge in [-0.1, -0.05) is 123 Å². The second-order valence-corrected chi connectivity index (χ2v) is 20.7. The van der Waals surface area contributed by atoms with E-state index in [1.165, 1.54) is 39.3 Å². The van der Waals surface area contributed by atoms with Gasteiger partial charge in [-0.2, -0.15) is 0 Å². The molecule has 2 amide bonds. The molecule has 1 unspecified atom stereocenters. The van der Waals surface area contributed by atoms with Crippen LogP contribution in [0.2, 0.25) is 0 Å². The molecular weight excluding hydrogens is 905 g/mol. The van der Waals surface area contributed by atoms with Gasteiger partial charge in [0.05, 0.1) is 12.8 Å². The molecule has 7 aromatic rings. The Kier molecular flexibility index (Phi) is 12.1. The van der Waals surface area contributed by atoms with Crippen LogP contribution in [-0.2, 0) is 20.6 Å². The number of piperazine rings is 3. The molecule has 0 bridgehead atoms. The summed E-state index contributed by atoms with van der Waals surface area (Å²) in [5.41, 5.74) is 11.7. The lowest BCUT2D eigenvalue weighted by atomic mass is 9.76. The van der Waals surface area contributed by atoms with Crippen LogP contribution in [0.5, 0.6) is 11.5 Å². The zero-order chi connectivity index (χ0) is 49.7. The van der Waals surface area contributed by atoms with E-state index >= 15 is 0 Å². The number of nitrogens with zero attached hydrogens (tertiary/aromatic N) is 6. The number of amides is 2. The van der Waals surface area contributed by atoms with E-state index in [1.54, 1.807) is 7.11 Å². The van der Waals surface area contributed by atoms with E-state index in [9.17, 15) is 9.59 Å². The minimum atomic E-state index is -0.910. The van der Waals surface area contributed by atoms with Gasteiger partial charge in [-0.25, -0.2) is 0 Å². The molecule has 73 heavy (non-hydrogen) atoms. The Labute approximate surface area is 429 Å². The van der Waals surface area contributed by atoms with Gasteiger partial charge in [-0.05, 0) is 82.2 Å². The maximum atomic E-state index is 13.7. The summed E-state index contributed by atoms with van der Waals surface area (Å²) in [4.78, 5) is 40.5. The van der Waals surface area contributed by atoms with Crippen molar-refractivity contribution < 1.29 is 19.1 Å². The summed E-state index contributed by atoms with van der Waals surface area (Å²) in [6.07, 6.45) is 5.06. The van der Waals surface area contributed by atoms with Crippen molar-refractivity contribution in [2.45, 2.75) is 37.7 Å². The van der Waals surface area contributed by atoms with Gasteiger partial charge < -0.3 is 38.9 Å². The number of ether oxygens (including phenoxy) is 2. The summed E-state index contributed by atoms with van der Waals surface area (Å²) in [5, 5.41) is 2.12. The van der Waals surface area contributed by atoms with Crippen LogP contribution in [0.3, 0.4) is 0 Å². The van der Waals surface area contributed by atoms with Crippen molar-refractivity contribution in [2.24, 2.45) is 0 Å². The maximum absolute atomic E-state index is 13.7. The molecule has 0 N–H and O–H groups in total. The first-order valence-corrected chi connectivity index (χ1v) is 26.2.